The maximum absolute atomic E-state index is 12.9. The minimum Gasteiger partial charge on any atom is -0.494 e. The maximum atomic E-state index is 12.9. The monoisotopic (exact) mass is 394 g/mol. The number of carbonyl (C=O) groups excluding carboxylic acids is 2. The quantitative estimate of drug-likeness (QED) is 0.753. The van der Waals surface area contributed by atoms with Gasteiger partial charge in [-0.1, -0.05) is 6.07 Å². The van der Waals surface area contributed by atoms with Crippen molar-refractivity contribution in [3.63, 3.8) is 0 Å². The topological polar surface area (TPSA) is 58.6 Å². The lowest BCUT2D eigenvalue weighted by atomic mass is 10.1. The second-order valence-corrected chi connectivity index (χ2v) is 5.97. The van der Waals surface area contributed by atoms with Crippen molar-refractivity contribution in [3.8, 4) is 5.75 Å². The van der Waals surface area contributed by atoms with E-state index in [1.54, 1.807) is 24.3 Å². The van der Waals surface area contributed by atoms with Gasteiger partial charge in [0.25, 0.3) is 0 Å². The first kappa shape index (κ1) is 21.3. The number of nitrogens with zero attached hydrogens (tertiary/aromatic N) is 1. The van der Waals surface area contributed by atoms with Crippen molar-refractivity contribution in [1.82, 2.24) is 0 Å². The number of halogens is 3. The van der Waals surface area contributed by atoms with Gasteiger partial charge in [-0.25, -0.2) is 0 Å². The fourth-order valence-electron chi connectivity index (χ4n) is 2.56. The average Bonchev–Trinajstić information content (AvgIpc) is 2.63. The molecule has 2 amide bonds. The Bertz CT molecular complexity index is 820. The minimum atomic E-state index is -4.51. The molecule has 0 aromatic heterocycles. The number of hydrogen-bond acceptors (Lipinski definition) is 3. The SMILES string of the molecule is CCOc1ccc(NC(=O)CCN(C(C)=O)c2cccc(C(F)(F)F)c2)cc1. The highest BCUT2D eigenvalue weighted by atomic mass is 19.4. The summed E-state index contributed by atoms with van der Waals surface area (Å²) in [5.74, 6) is -0.136. The van der Waals surface area contributed by atoms with Gasteiger partial charge in [0, 0.05) is 31.3 Å². The van der Waals surface area contributed by atoms with Gasteiger partial charge in [-0.05, 0) is 49.4 Å². The van der Waals surface area contributed by atoms with E-state index < -0.39 is 17.6 Å². The standard InChI is InChI=1S/C20H21F3N2O3/c1-3-28-18-9-7-16(8-10-18)24-19(27)11-12-25(14(2)26)17-6-4-5-15(13-17)20(21,22)23/h4-10,13H,3,11-12H2,1-2H3,(H,24,27). The van der Waals surface area contributed by atoms with Crippen LogP contribution in [0.15, 0.2) is 48.5 Å². The molecule has 5 nitrogen and oxygen atoms in total. The van der Waals surface area contributed by atoms with Gasteiger partial charge in [-0.3, -0.25) is 9.59 Å². The number of ether oxygens (including phenoxy) is 1. The van der Waals surface area contributed by atoms with Gasteiger partial charge in [-0.2, -0.15) is 13.2 Å². The summed E-state index contributed by atoms with van der Waals surface area (Å²) in [6.07, 6.45) is -4.58. The van der Waals surface area contributed by atoms with E-state index in [1.165, 1.54) is 19.1 Å². The smallest absolute Gasteiger partial charge is 0.416 e. The molecule has 28 heavy (non-hydrogen) atoms. The molecule has 0 radical (unpaired) electrons. The van der Waals surface area contributed by atoms with Crippen LogP contribution in [-0.4, -0.2) is 25.0 Å². The molecule has 0 aliphatic heterocycles. The zero-order valence-corrected chi connectivity index (χ0v) is 15.5. The fraction of sp³-hybridized carbons (Fsp3) is 0.300. The van der Waals surface area contributed by atoms with Crippen LogP contribution in [0.25, 0.3) is 0 Å². The summed E-state index contributed by atoms with van der Waals surface area (Å²) in [6, 6.07) is 11.2. The average molecular weight is 394 g/mol. The maximum Gasteiger partial charge on any atom is 0.416 e. The Morgan fingerprint density at radius 1 is 1.11 bits per heavy atom. The normalized spacial score (nSPS) is 11.0. The summed E-state index contributed by atoms with van der Waals surface area (Å²) >= 11 is 0. The van der Waals surface area contributed by atoms with Crippen LogP contribution in [0.2, 0.25) is 0 Å². The van der Waals surface area contributed by atoms with Crippen molar-refractivity contribution < 1.29 is 27.5 Å². The third kappa shape index (κ3) is 6.00. The second kappa shape index (κ2) is 9.25. The summed E-state index contributed by atoms with van der Waals surface area (Å²) in [7, 11) is 0. The van der Waals surface area contributed by atoms with Crippen LogP contribution in [0.3, 0.4) is 0 Å². The van der Waals surface area contributed by atoms with Crippen molar-refractivity contribution in [2.75, 3.05) is 23.4 Å². The minimum absolute atomic E-state index is 0.0422. The van der Waals surface area contributed by atoms with Gasteiger partial charge in [0.05, 0.1) is 12.2 Å². The number of rotatable bonds is 7. The third-order valence-corrected chi connectivity index (χ3v) is 3.88. The van der Waals surface area contributed by atoms with Crippen LogP contribution in [0.1, 0.15) is 25.8 Å². The van der Waals surface area contributed by atoms with Crippen LogP contribution in [0.5, 0.6) is 5.75 Å². The van der Waals surface area contributed by atoms with Crippen LogP contribution < -0.4 is 15.0 Å². The van der Waals surface area contributed by atoms with Gasteiger partial charge >= 0.3 is 6.18 Å². The Kier molecular flexibility index (Phi) is 7.03. The number of anilines is 2. The Morgan fingerprint density at radius 3 is 2.36 bits per heavy atom. The highest BCUT2D eigenvalue weighted by molar-refractivity contribution is 5.94. The molecule has 0 atom stereocenters. The van der Waals surface area contributed by atoms with Gasteiger partial charge in [0.15, 0.2) is 0 Å². The van der Waals surface area contributed by atoms with Crippen LogP contribution in [0, 0.1) is 0 Å². The molecule has 0 unspecified atom stereocenters. The molecule has 0 saturated heterocycles. The zero-order valence-electron chi connectivity index (χ0n) is 15.5. The molecule has 0 aliphatic rings. The number of benzene rings is 2. The largest absolute Gasteiger partial charge is 0.494 e. The summed E-state index contributed by atoms with van der Waals surface area (Å²) < 4.78 is 44.0. The third-order valence-electron chi connectivity index (χ3n) is 3.88. The molecular formula is C20H21F3N2O3. The molecule has 2 aromatic rings. The molecule has 0 spiro atoms. The first-order valence-corrected chi connectivity index (χ1v) is 8.68. The lowest BCUT2D eigenvalue weighted by molar-refractivity contribution is -0.137. The molecule has 1 N–H and O–H groups in total. The van der Waals surface area contributed by atoms with E-state index in [0.29, 0.717) is 18.0 Å². The molecule has 0 heterocycles. The van der Waals surface area contributed by atoms with Gasteiger partial charge in [0.2, 0.25) is 11.8 Å². The first-order chi connectivity index (χ1) is 13.2. The zero-order chi connectivity index (χ0) is 20.7. The van der Waals surface area contributed by atoms with E-state index in [0.717, 1.165) is 17.0 Å². The molecule has 2 aromatic carbocycles. The molecule has 0 bridgehead atoms. The van der Waals surface area contributed by atoms with E-state index in [4.69, 9.17) is 4.74 Å². The summed E-state index contributed by atoms with van der Waals surface area (Å²) in [6.45, 7) is 3.59. The van der Waals surface area contributed by atoms with Crippen molar-refractivity contribution in [1.29, 1.82) is 0 Å². The van der Waals surface area contributed by atoms with E-state index in [2.05, 4.69) is 5.32 Å². The number of nitrogens with one attached hydrogen (secondary N) is 1. The number of alkyl halides is 3. The molecule has 2 rings (SSSR count). The van der Waals surface area contributed by atoms with Gasteiger partial charge < -0.3 is 15.0 Å². The summed E-state index contributed by atoms with van der Waals surface area (Å²) in [5, 5.41) is 2.68. The highest BCUT2D eigenvalue weighted by Gasteiger charge is 2.31. The molecule has 8 heteroatoms. The summed E-state index contributed by atoms with van der Waals surface area (Å²) in [4.78, 5) is 25.2. The molecule has 0 fully saturated rings. The molecular weight excluding hydrogens is 373 g/mol. The van der Waals surface area contributed by atoms with Crippen LogP contribution in [0.4, 0.5) is 24.5 Å². The first-order valence-electron chi connectivity index (χ1n) is 8.68. The molecule has 0 aliphatic carbocycles. The Labute approximate surface area is 161 Å². The van der Waals surface area contributed by atoms with E-state index in [1.807, 2.05) is 6.92 Å². The van der Waals surface area contributed by atoms with E-state index in [-0.39, 0.29) is 24.6 Å². The van der Waals surface area contributed by atoms with E-state index >= 15 is 0 Å². The fourth-order valence-corrected chi connectivity index (χ4v) is 2.56. The van der Waals surface area contributed by atoms with Gasteiger partial charge in [0.1, 0.15) is 5.75 Å². The van der Waals surface area contributed by atoms with Gasteiger partial charge in [-0.15, -0.1) is 0 Å². The number of amides is 2. The molecule has 0 saturated carbocycles. The Hall–Kier alpha value is -3.03. The number of carbonyl (C=O) groups is 2. The number of hydrogen-bond donors (Lipinski definition) is 1. The summed E-state index contributed by atoms with van der Waals surface area (Å²) in [5.41, 5.74) is -0.201. The predicted octanol–water partition coefficient (Wildman–Crippen LogP) is 4.49. The molecule has 150 valence electrons. The Balaban J connectivity index is 2.01. The predicted molar refractivity (Wildman–Crippen MR) is 100 cm³/mol. The lowest BCUT2D eigenvalue weighted by Gasteiger charge is -2.22. The lowest BCUT2D eigenvalue weighted by Crippen LogP contribution is -2.32. The Morgan fingerprint density at radius 2 is 1.79 bits per heavy atom. The second-order valence-electron chi connectivity index (χ2n) is 5.97. The van der Waals surface area contributed by atoms with Crippen molar-refractivity contribution in [2.45, 2.75) is 26.4 Å². The highest BCUT2D eigenvalue weighted by Crippen LogP contribution is 2.31. The van der Waals surface area contributed by atoms with Crippen molar-refractivity contribution >= 4 is 23.2 Å². The van der Waals surface area contributed by atoms with Crippen molar-refractivity contribution in [3.05, 3.63) is 54.1 Å². The van der Waals surface area contributed by atoms with Crippen LogP contribution in [-0.2, 0) is 15.8 Å². The van der Waals surface area contributed by atoms with Crippen molar-refractivity contribution in [2.24, 2.45) is 0 Å². The van der Waals surface area contributed by atoms with E-state index in [9.17, 15) is 22.8 Å². The van der Waals surface area contributed by atoms with Crippen LogP contribution >= 0.6 is 0 Å².